The molecular formula is C61H30B13NO. The molecule has 10 aromatic carbocycles. The highest BCUT2D eigenvalue weighted by Crippen LogP contribution is 2.52. The molecule has 1 aromatic heterocycles. The first-order valence-corrected chi connectivity index (χ1v) is 24.5. The smallest absolute Gasteiger partial charge is 0.143 e. The van der Waals surface area contributed by atoms with Gasteiger partial charge in [0, 0.05) is 38.6 Å². The molecule has 26 radical (unpaired) electrons. The van der Waals surface area contributed by atoms with Crippen molar-refractivity contribution in [1.29, 1.82) is 0 Å². The highest BCUT2D eigenvalue weighted by Gasteiger charge is 2.37. The Labute approximate surface area is 460 Å². The number of anilines is 3. The van der Waals surface area contributed by atoms with Crippen LogP contribution in [0.2, 0.25) is 0 Å². The third kappa shape index (κ3) is 7.27. The predicted molar refractivity (Wildman–Crippen MR) is 335 cm³/mol. The van der Waals surface area contributed by atoms with Gasteiger partial charge in [0.25, 0.3) is 0 Å². The molecule has 324 valence electrons. The largest absolute Gasteiger partial charge is 0.455 e. The molecule has 0 unspecified atom stereocenters. The lowest BCUT2D eigenvalue weighted by atomic mass is 9.55. The van der Waals surface area contributed by atoms with Crippen molar-refractivity contribution < 1.29 is 4.42 Å². The summed E-state index contributed by atoms with van der Waals surface area (Å²) in [7, 11) is 88.0. The van der Waals surface area contributed by atoms with E-state index in [1.807, 2.05) is 53.4 Å². The van der Waals surface area contributed by atoms with Gasteiger partial charge in [-0.05, 0) is 109 Å². The number of benzene rings is 10. The van der Waals surface area contributed by atoms with E-state index in [1.165, 1.54) is 22.3 Å². The topological polar surface area (TPSA) is 16.4 Å². The van der Waals surface area contributed by atoms with E-state index in [1.54, 1.807) is 0 Å². The predicted octanol–water partition coefficient (Wildman–Crippen LogP) is 1.50. The van der Waals surface area contributed by atoms with Crippen LogP contribution in [0.4, 0.5) is 17.1 Å². The Hall–Kier alpha value is -7.10. The summed E-state index contributed by atoms with van der Waals surface area (Å²) in [6.45, 7) is 4.56. The van der Waals surface area contributed by atoms with Gasteiger partial charge in [-0.3, -0.25) is 0 Å². The van der Waals surface area contributed by atoms with E-state index in [0.717, 1.165) is 55.0 Å². The molecule has 0 saturated carbocycles. The van der Waals surface area contributed by atoms with Crippen molar-refractivity contribution in [2.45, 2.75) is 19.3 Å². The Bertz CT molecular complexity index is 4230. The molecule has 0 spiro atoms. The molecule has 0 aliphatic heterocycles. The molecule has 0 bridgehead atoms. The Balaban J connectivity index is 1.05. The molecule has 11 aromatic rings. The highest BCUT2D eigenvalue weighted by atomic mass is 16.3. The fraction of sp³-hybridized carbons (Fsp3) is 0.0492. The van der Waals surface area contributed by atoms with Gasteiger partial charge in [-0.15, -0.1) is 16.4 Å². The lowest BCUT2D eigenvalue weighted by Gasteiger charge is -2.34. The second kappa shape index (κ2) is 18.3. The summed E-state index contributed by atoms with van der Waals surface area (Å²) in [4.78, 5) is 1.95. The lowest BCUT2D eigenvalue weighted by molar-refractivity contribution is 0.662. The van der Waals surface area contributed by atoms with Crippen LogP contribution in [-0.4, -0.2) is 102 Å². The monoisotopic (exact) mass is 935 g/mol. The lowest BCUT2D eigenvalue weighted by Crippen LogP contribution is -2.57. The maximum absolute atomic E-state index is 7.29. The first kappa shape index (κ1) is 49.8. The van der Waals surface area contributed by atoms with E-state index in [9.17, 15) is 0 Å². The van der Waals surface area contributed by atoms with E-state index >= 15 is 0 Å². The van der Waals surface area contributed by atoms with Crippen LogP contribution in [0.25, 0.3) is 88.3 Å². The Morgan fingerprint density at radius 2 is 0.868 bits per heavy atom. The van der Waals surface area contributed by atoms with Gasteiger partial charge in [0.1, 0.15) is 113 Å². The van der Waals surface area contributed by atoms with E-state index in [0.29, 0.717) is 17.1 Å². The van der Waals surface area contributed by atoms with Crippen LogP contribution in [0, 0.1) is 0 Å². The van der Waals surface area contributed by atoms with Crippen molar-refractivity contribution in [2.75, 3.05) is 4.90 Å². The zero-order valence-corrected chi connectivity index (χ0v) is 41.7. The number of hydrogen-bond donors (Lipinski definition) is 0. The summed E-state index contributed by atoms with van der Waals surface area (Å²) < 4.78 is 6.61. The molecule has 1 aliphatic carbocycles. The minimum Gasteiger partial charge on any atom is -0.455 e. The molecular weight excluding hydrogens is 903 g/mol. The van der Waals surface area contributed by atoms with E-state index < -0.39 is 0 Å². The molecule has 1 heterocycles. The second-order valence-corrected chi connectivity index (χ2v) is 20.0. The van der Waals surface area contributed by atoms with Gasteiger partial charge >= 0.3 is 0 Å². The number of nitrogens with zero attached hydrogens (tertiary/aromatic N) is 1. The van der Waals surface area contributed by atoms with Gasteiger partial charge in [0.05, 0.1) is 0 Å². The third-order valence-electron chi connectivity index (χ3n) is 15.5. The zero-order valence-electron chi connectivity index (χ0n) is 41.7. The van der Waals surface area contributed by atoms with Gasteiger partial charge in [-0.1, -0.05) is 178 Å². The fourth-order valence-corrected chi connectivity index (χ4v) is 11.7. The van der Waals surface area contributed by atoms with Crippen molar-refractivity contribution >= 4 is 223 Å². The van der Waals surface area contributed by atoms with Crippen molar-refractivity contribution in [2.24, 2.45) is 0 Å². The third-order valence-corrected chi connectivity index (χ3v) is 15.5. The summed E-state index contributed by atoms with van der Waals surface area (Å²) in [6.07, 6.45) is 0. The number of rotatable bonds is 7. The summed E-state index contributed by atoms with van der Waals surface area (Å²) >= 11 is 0. The van der Waals surface area contributed by atoms with Crippen LogP contribution in [0.15, 0.2) is 150 Å². The van der Waals surface area contributed by atoms with Crippen molar-refractivity contribution in [3.63, 3.8) is 0 Å². The molecule has 0 saturated heterocycles. The van der Waals surface area contributed by atoms with E-state index in [-0.39, 0.29) is 98.7 Å². The molecule has 0 atom stereocenters. The summed E-state index contributed by atoms with van der Waals surface area (Å²) in [5.41, 5.74) is 12.3. The average molecular weight is 933 g/mol. The molecule has 76 heavy (non-hydrogen) atoms. The standard InChI is InChI=1S/C61H30B13NO/c1-61(2)38-18-6-5-14-35(38)36-17-8-16-33(45(36)61)28-20-23-30(24-21-28)75(31-12-7-11-29(26-31)32-15-9-19-39-40(32)37-25-22-27-10-3-4-13-34(27)60(37)76-39)59-57(73)52(68)44(53(69)58(59)74)42-48(64)46(62)41(47(63)49(42)65)43-50(66)54(70)56(72)55(71)51(43)67/h3-26H,1-2H3. The maximum atomic E-state index is 7.29. The minimum absolute atomic E-state index is 0.00395. The average Bonchev–Trinajstić information content (AvgIpc) is 4.03. The molecule has 12 rings (SSSR count). The zero-order chi connectivity index (χ0) is 53.4. The van der Waals surface area contributed by atoms with Crippen LogP contribution < -0.4 is 75.9 Å². The SMILES string of the molecule is [B]c1c([B])c([B])c(-c2c([B])c([B])c(-c3c([B])c([B])c(N(c4ccc(-c5cccc6c5C(C)(C)c5ccccc5-6)cc4)c4cccc(-c5cccc6oc7c8ccccc8ccc7c56)c4)c([B])c3[B])c([B])c2[B])c([B])c1[B]. The maximum Gasteiger partial charge on any atom is 0.143 e. The number of hydrogen-bond acceptors (Lipinski definition) is 2. The highest BCUT2D eigenvalue weighted by molar-refractivity contribution is 6.72. The van der Waals surface area contributed by atoms with Gasteiger partial charge in [-0.25, -0.2) is 0 Å². The summed E-state index contributed by atoms with van der Waals surface area (Å²) in [5.74, 6) is 0. The fourth-order valence-electron chi connectivity index (χ4n) is 11.7. The molecule has 2 nitrogen and oxygen atoms in total. The minimum atomic E-state index is -0.245. The van der Waals surface area contributed by atoms with Crippen LogP contribution in [0.3, 0.4) is 0 Å². The molecule has 1 aliphatic rings. The second-order valence-electron chi connectivity index (χ2n) is 20.0. The van der Waals surface area contributed by atoms with E-state index in [2.05, 4.69) is 111 Å². The van der Waals surface area contributed by atoms with Crippen molar-refractivity contribution in [3.8, 4) is 55.6 Å². The van der Waals surface area contributed by atoms with Crippen LogP contribution in [0.5, 0.6) is 0 Å². The molecule has 0 fully saturated rings. The normalized spacial score (nSPS) is 12.6. The Kier molecular flexibility index (Phi) is 12.0. The first-order chi connectivity index (χ1) is 36.4. The van der Waals surface area contributed by atoms with E-state index in [4.69, 9.17) is 106 Å². The van der Waals surface area contributed by atoms with Crippen LogP contribution in [-0.2, 0) is 5.41 Å². The quantitative estimate of drug-likeness (QED) is 0.226. The van der Waals surface area contributed by atoms with Crippen LogP contribution >= 0.6 is 0 Å². The number of fused-ring (bicyclic) bond motifs is 8. The molecule has 0 N–H and O–H groups in total. The molecule has 0 amide bonds. The Morgan fingerprint density at radius 1 is 0.368 bits per heavy atom. The van der Waals surface area contributed by atoms with Gasteiger partial charge < -0.3 is 9.32 Å². The van der Waals surface area contributed by atoms with Crippen molar-refractivity contribution in [3.05, 3.63) is 157 Å². The molecule has 15 heteroatoms. The van der Waals surface area contributed by atoms with Gasteiger partial charge in [-0.2, -0.15) is 0 Å². The Morgan fingerprint density at radius 3 is 1.51 bits per heavy atom. The van der Waals surface area contributed by atoms with Crippen molar-refractivity contribution in [1.82, 2.24) is 0 Å². The number of furan rings is 1. The summed E-state index contributed by atoms with van der Waals surface area (Å²) in [6, 6.07) is 50.0. The van der Waals surface area contributed by atoms with Crippen LogP contribution in [0.1, 0.15) is 25.0 Å². The van der Waals surface area contributed by atoms with Gasteiger partial charge in [0.15, 0.2) is 0 Å². The summed E-state index contributed by atoms with van der Waals surface area (Å²) in [5, 5.41) is 4.08. The first-order valence-electron chi connectivity index (χ1n) is 24.5. The van der Waals surface area contributed by atoms with Gasteiger partial charge in [0.2, 0.25) is 0 Å².